The van der Waals surface area contributed by atoms with Crippen LogP contribution < -0.4 is 11.2 Å². The molecule has 0 radical (unpaired) electrons. The van der Waals surface area contributed by atoms with Crippen molar-refractivity contribution in [3.8, 4) is 0 Å². The van der Waals surface area contributed by atoms with E-state index < -0.39 is 10.0 Å². The highest BCUT2D eigenvalue weighted by molar-refractivity contribution is 7.89. The van der Waals surface area contributed by atoms with Gasteiger partial charge in [0.2, 0.25) is 10.0 Å². The van der Waals surface area contributed by atoms with Crippen LogP contribution in [0.3, 0.4) is 0 Å². The average molecular weight is 478 g/mol. The van der Waals surface area contributed by atoms with Gasteiger partial charge >= 0.3 is 5.69 Å². The Labute approximate surface area is 190 Å². The van der Waals surface area contributed by atoms with Crippen LogP contribution in [0.15, 0.2) is 39.9 Å². The summed E-state index contributed by atoms with van der Waals surface area (Å²) < 4.78 is 34.1. The molecule has 1 saturated heterocycles. The van der Waals surface area contributed by atoms with Gasteiger partial charge in [-0.25, -0.2) is 13.2 Å². The minimum atomic E-state index is -3.26. The third-order valence-electron chi connectivity index (χ3n) is 5.90. The fourth-order valence-corrected chi connectivity index (χ4v) is 6.98. The van der Waals surface area contributed by atoms with E-state index in [9.17, 15) is 18.0 Å². The number of sulfonamides is 1. The first-order chi connectivity index (χ1) is 15.3. The summed E-state index contributed by atoms with van der Waals surface area (Å²) in [6, 6.07) is 9.73. The van der Waals surface area contributed by atoms with Crippen LogP contribution in [0.4, 0.5) is 0 Å². The second kappa shape index (κ2) is 9.30. The first-order valence-electron chi connectivity index (χ1n) is 10.6. The van der Waals surface area contributed by atoms with Gasteiger partial charge in [-0.1, -0.05) is 30.3 Å². The van der Waals surface area contributed by atoms with Gasteiger partial charge in [0.15, 0.2) is 0 Å². The number of methoxy groups -OCH3 is 1. The number of aryl methyl sites for hydroxylation is 2. The standard InChI is InChI=1S/C22H27N3O5S2/c1-16-18(15-23-10-6-14-32(23,28)29)31-21-19(16)20(26)24(22(27)25(21)12-13-30-2)11-9-17-7-4-3-5-8-17/h3-5,7-8H,6,9-15H2,1-2H3. The molecule has 2 aromatic heterocycles. The lowest BCUT2D eigenvalue weighted by atomic mass is 10.1. The first-order valence-corrected chi connectivity index (χ1v) is 13.0. The second-order valence-corrected chi connectivity index (χ2v) is 11.1. The molecule has 1 aliphatic heterocycles. The maximum Gasteiger partial charge on any atom is 0.332 e. The summed E-state index contributed by atoms with van der Waals surface area (Å²) in [5, 5.41) is 0.491. The van der Waals surface area contributed by atoms with Gasteiger partial charge in [-0.2, -0.15) is 4.31 Å². The van der Waals surface area contributed by atoms with Gasteiger partial charge in [-0.3, -0.25) is 13.9 Å². The predicted octanol–water partition coefficient (Wildman–Crippen LogP) is 1.96. The Balaban J connectivity index is 1.80. The first kappa shape index (κ1) is 22.9. The Morgan fingerprint density at radius 3 is 2.50 bits per heavy atom. The number of hydrogen-bond acceptors (Lipinski definition) is 6. The van der Waals surface area contributed by atoms with Gasteiger partial charge in [0.25, 0.3) is 5.56 Å². The summed E-state index contributed by atoms with van der Waals surface area (Å²) in [6.07, 6.45) is 1.17. The van der Waals surface area contributed by atoms with Crippen molar-refractivity contribution < 1.29 is 13.2 Å². The molecule has 4 rings (SSSR count). The van der Waals surface area contributed by atoms with Crippen molar-refractivity contribution in [1.29, 1.82) is 0 Å². The third kappa shape index (κ3) is 4.32. The number of benzene rings is 1. The molecule has 1 aliphatic rings. The molecule has 0 aliphatic carbocycles. The van der Waals surface area contributed by atoms with Crippen LogP contribution in [0.1, 0.15) is 22.4 Å². The molecule has 10 heteroatoms. The molecule has 0 bridgehead atoms. The van der Waals surface area contributed by atoms with E-state index in [4.69, 9.17) is 4.74 Å². The van der Waals surface area contributed by atoms with Crippen molar-refractivity contribution in [3.05, 3.63) is 67.2 Å². The summed E-state index contributed by atoms with van der Waals surface area (Å²) in [6.45, 7) is 3.47. The molecular weight excluding hydrogens is 450 g/mol. The molecule has 0 atom stereocenters. The minimum Gasteiger partial charge on any atom is -0.383 e. The molecule has 1 fully saturated rings. The highest BCUT2D eigenvalue weighted by Gasteiger charge is 2.30. The Bertz CT molecular complexity index is 1340. The quantitative estimate of drug-likeness (QED) is 0.495. The molecule has 172 valence electrons. The Kier molecular flexibility index (Phi) is 6.66. The number of thiophene rings is 1. The maximum absolute atomic E-state index is 13.4. The molecule has 0 amide bonds. The van der Waals surface area contributed by atoms with E-state index in [-0.39, 0.29) is 30.1 Å². The lowest BCUT2D eigenvalue weighted by Crippen LogP contribution is -2.40. The number of hydrogen-bond donors (Lipinski definition) is 0. The Hall–Kier alpha value is -2.27. The Morgan fingerprint density at radius 2 is 1.84 bits per heavy atom. The molecule has 8 nitrogen and oxygen atoms in total. The van der Waals surface area contributed by atoms with Crippen molar-refractivity contribution in [1.82, 2.24) is 13.4 Å². The summed E-state index contributed by atoms with van der Waals surface area (Å²) in [5.74, 6) is 0.155. The zero-order chi connectivity index (χ0) is 22.9. The van der Waals surface area contributed by atoms with E-state index in [1.807, 2.05) is 37.3 Å². The molecule has 0 unspecified atom stereocenters. The number of fused-ring (bicyclic) bond motifs is 1. The highest BCUT2D eigenvalue weighted by atomic mass is 32.2. The van der Waals surface area contributed by atoms with E-state index in [0.29, 0.717) is 42.8 Å². The van der Waals surface area contributed by atoms with Crippen molar-refractivity contribution in [2.24, 2.45) is 0 Å². The van der Waals surface area contributed by atoms with Crippen LogP contribution in [0, 0.1) is 6.92 Å². The number of aromatic nitrogens is 2. The molecular formula is C22H27N3O5S2. The van der Waals surface area contributed by atoms with Gasteiger partial charge in [0.05, 0.1) is 24.3 Å². The molecule has 0 saturated carbocycles. The van der Waals surface area contributed by atoms with Crippen LogP contribution in [0.5, 0.6) is 0 Å². The van der Waals surface area contributed by atoms with Crippen LogP contribution in [-0.4, -0.2) is 47.9 Å². The van der Waals surface area contributed by atoms with E-state index in [2.05, 4.69) is 0 Å². The van der Waals surface area contributed by atoms with Crippen molar-refractivity contribution >= 4 is 31.6 Å². The SMILES string of the molecule is COCCn1c(=O)n(CCc2ccccc2)c(=O)c2c(C)c(CN3CCCS3(=O)=O)sc21. The normalized spacial score (nSPS) is 16.2. The van der Waals surface area contributed by atoms with E-state index in [1.54, 1.807) is 11.7 Å². The molecule has 0 spiro atoms. The number of rotatable bonds is 8. The maximum atomic E-state index is 13.4. The van der Waals surface area contributed by atoms with Gasteiger partial charge < -0.3 is 4.74 Å². The molecule has 0 N–H and O–H groups in total. The number of ether oxygens (including phenoxy) is 1. The van der Waals surface area contributed by atoms with Crippen molar-refractivity contribution in [2.75, 3.05) is 26.0 Å². The summed E-state index contributed by atoms with van der Waals surface area (Å²) >= 11 is 1.33. The summed E-state index contributed by atoms with van der Waals surface area (Å²) in [5.41, 5.74) is 1.11. The fourth-order valence-electron chi connectivity index (χ4n) is 4.08. The molecule has 32 heavy (non-hydrogen) atoms. The zero-order valence-electron chi connectivity index (χ0n) is 18.2. The highest BCUT2D eigenvalue weighted by Crippen LogP contribution is 2.30. The third-order valence-corrected chi connectivity index (χ3v) is 9.10. The van der Waals surface area contributed by atoms with E-state index in [1.165, 1.54) is 20.2 Å². The average Bonchev–Trinajstić information content (AvgIpc) is 3.27. The lowest BCUT2D eigenvalue weighted by Gasteiger charge is -2.13. The zero-order valence-corrected chi connectivity index (χ0v) is 19.9. The topological polar surface area (TPSA) is 90.6 Å². The van der Waals surface area contributed by atoms with Crippen molar-refractivity contribution in [3.63, 3.8) is 0 Å². The van der Waals surface area contributed by atoms with Gasteiger partial charge in [-0.15, -0.1) is 11.3 Å². The molecule has 3 heterocycles. The Morgan fingerprint density at radius 1 is 1.09 bits per heavy atom. The van der Waals surface area contributed by atoms with Gasteiger partial charge in [-0.05, 0) is 30.9 Å². The second-order valence-electron chi connectivity index (χ2n) is 7.95. The van der Waals surface area contributed by atoms with Crippen LogP contribution in [-0.2, 0) is 40.8 Å². The van der Waals surface area contributed by atoms with E-state index >= 15 is 0 Å². The largest absolute Gasteiger partial charge is 0.383 e. The summed E-state index contributed by atoms with van der Waals surface area (Å²) in [4.78, 5) is 28.0. The minimum absolute atomic E-state index is 0.155. The summed E-state index contributed by atoms with van der Waals surface area (Å²) in [7, 11) is -1.69. The molecule has 3 aromatic rings. The van der Waals surface area contributed by atoms with Gasteiger partial charge in [0.1, 0.15) is 4.83 Å². The van der Waals surface area contributed by atoms with Crippen LogP contribution in [0.2, 0.25) is 0 Å². The monoisotopic (exact) mass is 477 g/mol. The predicted molar refractivity (Wildman–Crippen MR) is 126 cm³/mol. The number of nitrogens with zero attached hydrogens (tertiary/aromatic N) is 3. The van der Waals surface area contributed by atoms with Crippen molar-refractivity contribution in [2.45, 2.75) is 39.4 Å². The fraction of sp³-hybridized carbons (Fsp3) is 0.455. The van der Waals surface area contributed by atoms with Crippen LogP contribution in [0.25, 0.3) is 10.2 Å². The molecule has 1 aromatic carbocycles. The smallest absolute Gasteiger partial charge is 0.332 e. The lowest BCUT2D eigenvalue weighted by molar-refractivity contribution is 0.186. The van der Waals surface area contributed by atoms with Gasteiger partial charge in [0, 0.05) is 31.6 Å². The van der Waals surface area contributed by atoms with Crippen LogP contribution >= 0.6 is 11.3 Å². The van der Waals surface area contributed by atoms with E-state index in [0.717, 1.165) is 16.0 Å².